The second kappa shape index (κ2) is 5.54. The minimum absolute atomic E-state index is 0.303. The van der Waals surface area contributed by atoms with Crippen molar-refractivity contribution in [1.29, 1.82) is 0 Å². The highest BCUT2D eigenvalue weighted by Crippen LogP contribution is 1.94. The minimum atomic E-state index is 0.303. The Hall–Kier alpha value is -0.590. The van der Waals surface area contributed by atoms with Gasteiger partial charge in [-0.15, -0.1) is 0 Å². The normalized spacial score (nSPS) is 10.4. The molecule has 0 amide bonds. The van der Waals surface area contributed by atoms with Gasteiger partial charge in [-0.25, -0.2) is 0 Å². The second-order valence-electron chi connectivity index (χ2n) is 1.96. The van der Waals surface area contributed by atoms with Crippen molar-refractivity contribution in [2.24, 2.45) is 0 Å². The SMILES string of the molecule is [CH2]/C=C/CC(=O)CCC. The molecule has 0 fully saturated rings. The van der Waals surface area contributed by atoms with E-state index in [1.807, 2.05) is 6.92 Å². The van der Waals surface area contributed by atoms with E-state index in [2.05, 4.69) is 6.92 Å². The summed E-state index contributed by atoms with van der Waals surface area (Å²) in [5.74, 6) is 0.303. The second-order valence-corrected chi connectivity index (χ2v) is 1.96. The molecule has 9 heavy (non-hydrogen) atoms. The first kappa shape index (κ1) is 8.41. The molecule has 0 saturated carbocycles. The summed E-state index contributed by atoms with van der Waals surface area (Å²) in [6.45, 7) is 5.49. The number of hydrogen-bond acceptors (Lipinski definition) is 1. The molecule has 0 rings (SSSR count). The Labute approximate surface area is 56.8 Å². The van der Waals surface area contributed by atoms with Crippen LogP contribution in [-0.2, 0) is 4.79 Å². The van der Waals surface area contributed by atoms with Crippen molar-refractivity contribution in [3.05, 3.63) is 19.1 Å². The topological polar surface area (TPSA) is 17.1 Å². The lowest BCUT2D eigenvalue weighted by Gasteiger charge is -1.89. The molecule has 0 spiro atoms. The molecule has 0 aliphatic heterocycles. The van der Waals surface area contributed by atoms with Gasteiger partial charge in [0.15, 0.2) is 0 Å². The molecule has 0 aliphatic carbocycles. The highest BCUT2D eigenvalue weighted by molar-refractivity contribution is 5.79. The van der Waals surface area contributed by atoms with Gasteiger partial charge in [0, 0.05) is 12.8 Å². The average Bonchev–Trinajstić information content (AvgIpc) is 1.85. The van der Waals surface area contributed by atoms with E-state index in [0.717, 1.165) is 6.42 Å². The summed E-state index contributed by atoms with van der Waals surface area (Å²) in [4.78, 5) is 10.7. The maximum atomic E-state index is 10.7. The smallest absolute Gasteiger partial charge is 0.136 e. The lowest BCUT2D eigenvalue weighted by Crippen LogP contribution is -1.92. The lowest BCUT2D eigenvalue weighted by molar-refractivity contribution is -0.118. The van der Waals surface area contributed by atoms with Crippen LogP contribution in [0.3, 0.4) is 0 Å². The van der Waals surface area contributed by atoms with Gasteiger partial charge in [-0.2, -0.15) is 0 Å². The van der Waals surface area contributed by atoms with Crippen molar-refractivity contribution in [2.45, 2.75) is 26.2 Å². The maximum Gasteiger partial charge on any atom is 0.136 e. The molecule has 0 N–H and O–H groups in total. The standard InChI is InChI=1S/C8H13O/c1-3-5-7-8(9)6-4-2/h3,5H,1,4,6-7H2,2H3/b5-3+. The average molecular weight is 125 g/mol. The first-order valence-corrected chi connectivity index (χ1v) is 3.27. The van der Waals surface area contributed by atoms with Gasteiger partial charge < -0.3 is 0 Å². The zero-order chi connectivity index (χ0) is 7.11. The molecular weight excluding hydrogens is 112 g/mol. The van der Waals surface area contributed by atoms with E-state index >= 15 is 0 Å². The Balaban J connectivity index is 3.27. The summed E-state index contributed by atoms with van der Waals surface area (Å²) < 4.78 is 0. The van der Waals surface area contributed by atoms with Gasteiger partial charge in [-0.3, -0.25) is 4.79 Å². The van der Waals surface area contributed by atoms with Crippen molar-refractivity contribution >= 4 is 5.78 Å². The van der Waals surface area contributed by atoms with Gasteiger partial charge >= 0.3 is 0 Å². The summed E-state index contributed by atoms with van der Waals surface area (Å²) in [6.07, 6.45) is 5.65. The van der Waals surface area contributed by atoms with Gasteiger partial charge in [0.2, 0.25) is 0 Å². The predicted octanol–water partition coefficient (Wildman–Crippen LogP) is 2.14. The quantitative estimate of drug-likeness (QED) is 0.562. The molecule has 51 valence electrons. The molecule has 0 aliphatic rings. The third kappa shape index (κ3) is 5.28. The van der Waals surface area contributed by atoms with E-state index < -0.39 is 0 Å². The molecule has 1 nitrogen and oxygen atoms in total. The van der Waals surface area contributed by atoms with Crippen molar-refractivity contribution in [3.8, 4) is 0 Å². The number of allylic oxidation sites excluding steroid dienone is 2. The van der Waals surface area contributed by atoms with E-state index in [9.17, 15) is 4.79 Å². The van der Waals surface area contributed by atoms with Gasteiger partial charge in [0.25, 0.3) is 0 Å². The van der Waals surface area contributed by atoms with Crippen molar-refractivity contribution < 1.29 is 4.79 Å². The summed E-state index contributed by atoms with van der Waals surface area (Å²) in [7, 11) is 0. The fourth-order valence-electron chi connectivity index (χ4n) is 0.596. The molecule has 0 aromatic heterocycles. The van der Waals surface area contributed by atoms with E-state index in [1.165, 1.54) is 0 Å². The molecule has 1 heteroatoms. The van der Waals surface area contributed by atoms with Crippen LogP contribution in [0.25, 0.3) is 0 Å². The number of hydrogen-bond donors (Lipinski definition) is 0. The predicted molar refractivity (Wildman–Crippen MR) is 39.0 cm³/mol. The Kier molecular flexibility index (Phi) is 5.18. The highest BCUT2D eigenvalue weighted by atomic mass is 16.1. The molecule has 0 unspecified atom stereocenters. The van der Waals surface area contributed by atoms with Gasteiger partial charge in [0.1, 0.15) is 5.78 Å². The Morgan fingerprint density at radius 3 is 2.78 bits per heavy atom. The molecule has 0 atom stereocenters. The van der Waals surface area contributed by atoms with E-state index in [0.29, 0.717) is 18.6 Å². The minimum Gasteiger partial charge on any atom is -0.299 e. The maximum absolute atomic E-state index is 10.7. The molecule has 0 aromatic rings. The molecule has 0 saturated heterocycles. The fraction of sp³-hybridized carbons (Fsp3) is 0.500. The number of carbonyl (C=O) groups excluding carboxylic acids is 1. The van der Waals surface area contributed by atoms with E-state index in [4.69, 9.17) is 0 Å². The first-order valence-electron chi connectivity index (χ1n) is 3.27. The van der Waals surface area contributed by atoms with E-state index in [1.54, 1.807) is 12.2 Å². The van der Waals surface area contributed by atoms with Crippen molar-refractivity contribution in [3.63, 3.8) is 0 Å². The largest absolute Gasteiger partial charge is 0.299 e. The molecule has 0 bridgehead atoms. The van der Waals surface area contributed by atoms with Crippen molar-refractivity contribution in [1.82, 2.24) is 0 Å². The summed E-state index contributed by atoms with van der Waals surface area (Å²) in [6, 6.07) is 0. The molecule has 0 aromatic carbocycles. The number of Topliss-reactive ketones (excluding diaryl/α,β-unsaturated/α-hetero) is 1. The van der Waals surface area contributed by atoms with Crippen LogP contribution in [0.2, 0.25) is 0 Å². The van der Waals surface area contributed by atoms with Gasteiger partial charge in [-0.1, -0.05) is 19.1 Å². The van der Waals surface area contributed by atoms with Gasteiger partial charge in [0.05, 0.1) is 0 Å². The Bertz CT molecular complexity index is 103. The van der Waals surface area contributed by atoms with Crippen LogP contribution in [0.5, 0.6) is 0 Å². The lowest BCUT2D eigenvalue weighted by atomic mass is 10.2. The first-order chi connectivity index (χ1) is 4.31. The summed E-state index contributed by atoms with van der Waals surface area (Å²) >= 11 is 0. The molecule has 1 radical (unpaired) electrons. The van der Waals surface area contributed by atoms with Crippen LogP contribution in [0, 0.1) is 6.92 Å². The van der Waals surface area contributed by atoms with Crippen LogP contribution in [-0.4, -0.2) is 5.78 Å². The molecular formula is C8H13O. The molecule has 0 heterocycles. The zero-order valence-electron chi connectivity index (χ0n) is 5.89. The number of carbonyl (C=O) groups is 1. The highest BCUT2D eigenvalue weighted by Gasteiger charge is 1.93. The Morgan fingerprint density at radius 2 is 2.33 bits per heavy atom. The van der Waals surface area contributed by atoms with Crippen LogP contribution in [0.4, 0.5) is 0 Å². The number of rotatable bonds is 4. The third-order valence-electron chi connectivity index (χ3n) is 1.04. The van der Waals surface area contributed by atoms with Crippen LogP contribution >= 0.6 is 0 Å². The van der Waals surface area contributed by atoms with Gasteiger partial charge in [-0.05, 0) is 13.3 Å². The van der Waals surface area contributed by atoms with Crippen LogP contribution in [0.15, 0.2) is 12.2 Å². The summed E-state index contributed by atoms with van der Waals surface area (Å²) in [5.41, 5.74) is 0. The number of ketones is 1. The third-order valence-corrected chi connectivity index (χ3v) is 1.04. The fourth-order valence-corrected chi connectivity index (χ4v) is 0.596. The summed E-state index contributed by atoms with van der Waals surface area (Å²) in [5, 5.41) is 0. The van der Waals surface area contributed by atoms with Crippen LogP contribution < -0.4 is 0 Å². The van der Waals surface area contributed by atoms with Crippen molar-refractivity contribution in [2.75, 3.05) is 0 Å². The Morgan fingerprint density at radius 1 is 1.67 bits per heavy atom. The monoisotopic (exact) mass is 125 g/mol. The zero-order valence-corrected chi connectivity index (χ0v) is 5.89. The van der Waals surface area contributed by atoms with Crippen LogP contribution in [0.1, 0.15) is 26.2 Å². The van der Waals surface area contributed by atoms with E-state index in [-0.39, 0.29) is 0 Å².